The van der Waals surface area contributed by atoms with E-state index in [-0.39, 0.29) is 17.4 Å². The number of ketones is 1. The zero-order valence-electron chi connectivity index (χ0n) is 13.4. The van der Waals surface area contributed by atoms with Crippen molar-refractivity contribution in [2.75, 3.05) is 0 Å². The smallest absolute Gasteiger partial charge is 0.141 e. The van der Waals surface area contributed by atoms with Gasteiger partial charge < -0.3 is 5.11 Å². The summed E-state index contributed by atoms with van der Waals surface area (Å²) in [5, 5.41) is 10.5. The second-order valence-corrected chi connectivity index (χ2v) is 8.52. The van der Waals surface area contributed by atoms with E-state index in [4.69, 9.17) is 0 Å². The molecule has 0 radical (unpaired) electrons. The molecule has 0 amide bonds. The van der Waals surface area contributed by atoms with Crippen LogP contribution in [0, 0.1) is 28.6 Å². The van der Waals surface area contributed by atoms with Crippen LogP contribution in [0.15, 0.2) is 11.6 Å². The number of allylic oxidation sites excluding steroid dienone is 2. The van der Waals surface area contributed by atoms with Gasteiger partial charge in [0, 0.05) is 17.8 Å². The molecule has 2 nitrogen and oxygen atoms in total. The first-order valence-corrected chi connectivity index (χ1v) is 8.88. The highest BCUT2D eigenvalue weighted by Crippen LogP contribution is 2.64. The average Bonchev–Trinajstić information content (AvgIpc) is 2.68. The van der Waals surface area contributed by atoms with Gasteiger partial charge in [-0.15, -0.1) is 0 Å². The number of rotatable bonds is 0. The second-order valence-electron chi connectivity index (χ2n) is 8.52. The van der Waals surface area contributed by atoms with E-state index in [1.165, 1.54) is 38.5 Å². The summed E-state index contributed by atoms with van der Waals surface area (Å²) >= 11 is 0. The van der Waals surface area contributed by atoms with E-state index in [0.29, 0.717) is 29.5 Å². The highest BCUT2D eigenvalue weighted by atomic mass is 16.3. The quantitative estimate of drug-likeness (QED) is 0.687. The van der Waals surface area contributed by atoms with Crippen molar-refractivity contribution in [2.24, 2.45) is 28.6 Å². The molecule has 0 heterocycles. The van der Waals surface area contributed by atoms with Crippen molar-refractivity contribution in [3.63, 3.8) is 0 Å². The van der Waals surface area contributed by atoms with Crippen LogP contribution in [0.1, 0.15) is 65.2 Å². The maximum absolute atomic E-state index is 12.4. The monoisotopic (exact) mass is 288 g/mol. The molecule has 0 saturated heterocycles. The molecule has 0 aromatic rings. The van der Waals surface area contributed by atoms with Crippen LogP contribution in [0.25, 0.3) is 0 Å². The molecule has 3 fully saturated rings. The van der Waals surface area contributed by atoms with Crippen molar-refractivity contribution in [2.45, 2.75) is 71.3 Å². The van der Waals surface area contributed by atoms with Crippen molar-refractivity contribution >= 4 is 5.78 Å². The molecule has 0 spiro atoms. The molecule has 0 aromatic heterocycles. The van der Waals surface area contributed by atoms with Gasteiger partial charge in [0.15, 0.2) is 0 Å². The second kappa shape index (κ2) is 4.44. The lowest BCUT2D eigenvalue weighted by atomic mass is 9.47. The topological polar surface area (TPSA) is 37.3 Å². The lowest BCUT2D eigenvalue weighted by Gasteiger charge is -2.57. The molecule has 0 unspecified atom stereocenters. The van der Waals surface area contributed by atoms with Gasteiger partial charge in [-0.05, 0) is 62.2 Å². The number of Topliss-reactive ketones (excluding diaryl/α,β-unsaturated/α-hetero) is 1. The first-order valence-electron chi connectivity index (χ1n) is 8.88. The molecule has 0 bridgehead atoms. The molecular weight excluding hydrogens is 260 g/mol. The van der Waals surface area contributed by atoms with Crippen LogP contribution < -0.4 is 0 Å². The van der Waals surface area contributed by atoms with Crippen LogP contribution in [0.5, 0.6) is 0 Å². The number of aliphatic hydroxyl groups is 1. The maximum atomic E-state index is 12.4. The van der Waals surface area contributed by atoms with E-state index in [9.17, 15) is 9.90 Å². The van der Waals surface area contributed by atoms with Crippen LogP contribution in [0.3, 0.4) is 0 Å². The molecule has 4 rings (SSSR count). The number of aliphatic hydroxyl groups excluding tert-OH is 1. The standard InChI is InChI=1S/C19H28O2/c1-18-9-4-3-5-12(18)6-7-13-14(18)8-10-19(2)16(21)11-15(20)17(13)19/h5,13-15,17,20H,3-4,6-11H2,1-2H3/t13-,14+,15+,17-,18+,19-/m1/s1. The van der Waals surface area contributed by atoms with Gasteiger partial charge in [0.1, 0.15) is 5.78 Å². The molecule has 0 aliphatic heterocycles. The fourth-order valence-electron chi connectivity index (χ4n) is 6.59. The fraction of sp³-hybridized carbons (Fsp3) is 0.842. The van der Waals surface area contributed by atoms with Crippen LogP contribution >= 0.6 is 0 Å². The van der Waals surface area contributed by atoms with Crippen LogP contribution in [-0.4, -0.2) is 17.0 Å². The molecule has 3 saturated carbocycles. The highest BCUT2D eigenvalue weighted by molar-refractivity contribution is 5.88. The van der Waals surface area contributed by atoms with Gasteiger partial charge in [-0.2, -0.15) is 0 Å². The van der Waals surface area contributed by atoms with Crippen molar-refractivity contribution in [1.29, 1.82) is 0 Å². The minimum Gasteiger partial charge on any atom is -0.392 e. The summed E-state index contributed by atoms with van der Waals surface area (Å²) < 4.78 is 0. The maximum Gasteiger partial charge on any atom is 0.141 e. The Balaban J connectivity index is 1.72. The number of hydrogen-bond acceptors (Lipinski definition) is 2. The van der Waals surface area contributed by atoms with E-state index >= 15 is 0 Å². The molecule has 4 aliphatic rings. The van der Waals surface area contributed by atoms with E-state index in [1.807, 2.05) is 0 Å². The Morgan fingerprint density at radius 3 is 2.81 bits per heavy atom. The van der Waals surface area contributed by atoms with E-state index in [0.717, 1.165) is 6.42 Å². The fourth-order valence-corrected chi connectivity index (χ4v) is 6.59. The van der Waals surface area contributed by atoms with E-state index < -0.39 is 0 Å². The third-order valence-corrected chi connectivity index (χ3v) is 7.72. The third kappa shape index (κ3) is 1.72. The first kappa shape index (κ1) is 14.0. The highest BCUT2D eigenvalue weighted by Gasteiger charge is 2.61. The van der Waals surface area contributed by atoms with Gasteiger partial charge in [-0.1, -0.05) is 25.5 Å². The zero-order valence-corrected chi connectivity index (χ0v) is 13.4. The summed E-state index contributed by atoms with van der Waals surface area (Å²) in [7, 11) is 0. The summed E-state index contributed by atoms with van der Waals surface area (Å²) in [5.41, 5.74) is 1.82. The van der Waals surface area contributed by atoms with Crippen molar-refractivity contribution in [1.82, 2.24) is 0 Å². The number of carbonyl (C=O) groups is 1. The molecule has 6 atom stereocenters. The predicted molar refractivity (Wildman–Crippen MR) is 82.7 cm³/mol. The van der Waals surface area contributed by atoms with E-state index in [1.54, 1.807) is 5.57 Å². The number of carbonyl (C=O) groups excluding carboxylic acids is 1. The molecule has 0 aromatic carbocycles. The van der Waals surface area contributed by atoms with Crippen molar-refractivity contribution in [3.05, 3.63) is 11.6 Å². The zero-order chi connectivity index (χ0) is 14.8. The number of fused-ring (bicyclic) bond motifs is 5. The van der Waals surface area contributed by atoms with Gasteiger partial charge in [-0.3, -0.25) is 4.79 Å². The lowest BCUT2D eigenvalue weighted by Crippen LogP contribution is -2.52. The summed E-state index contributed by atoms with van der Waals surface area (Å²) in [6, 6.07) is 0. The summed E-state index contributed by atoms with van der Waals surface area (Å²) in [5.74, 6) is 1.81. The van der Waals surface area contributed by atoms with Crippen molar-refractivity contribution in [3.8, 4) is 0 Å². The Morgan fingerprint density at radius 1 is 1.19 bits per heavy atom. The summed E-state index contributed by atoms with van der Waals surface area (Å²) in [6.07, 6.45) is 11.0. The Morgan fingerprint density at radius 2 is 2.00 bits per heavy atom. The summed E-state index contributed by atoms with van der Waals surface area (Å²) in [4.78, 5) is 12.4. The Labute approximate surface area is 128 Å². The molecule has 4 aliphatic carbocycles. The minimum absolute atomic E-state index is 0.226. The lowest BCUT2D eigenvalue weighted by molar-refractivity contribution is -0.133. The molecular formula is C19H28O2. The number of hydrogen-bond donors (Lipinski definition) is 1. The van der Waals surface area contributed by atoms with Gasteiger partial charge >= 0.3 is 0 Å². The minimum atomic E-state index is -0.381. The van der Waals surface area contributed by atoms with Gasteiger partial charge in [0.05, 0.1) is 6.10 Å². The Hall–Kier alpha value is -0.630. The molecule has 116 valence electrons. The van der Waals surface area contributed by atoms with E-state index in [2.05, 4.69) is 19.9 Å². The third-order valence-electron chi connectivity index (χ3n) is 7.72. The summed E-state index contributed by atoms with van der Waals surface area (Å²) in [6.45, 7) is 4.61. The molecule has 21 heavy (non-hydrogen) atoms. The van der Waals surface area contributed by atoms with Gasteiger partial charge in [0.2, 0.25) is 0 Å². The van der Waals surface area contributed by atoms with Crippen LogP contribution in [0.4, 0.5) is 0 Å². The van der Waals surface area contributed by atoms with Gasteiger partial charge in [0.25, 0.3) is 0 Å². The SMILES string of the molecule is C[C@]12CCCC=C1CC[C@H]1[C@@H]3[C@@H](O)CC(=O)[C@@]3(C)CC[C@@H]12. The largest absolute Gasteiger partial charge is 0.392 e. The predicted octanol–water partition coefficient (Wildman–Crippen LogP) is 3.88. The molecule has 2 heteroatoms. The van der Waals surface area contributed by atoms with Crippen LogP contribution in [-0.2, 0) is 4.79 Å². The normalized spacial score (nSPS) is 52.7. The van der Waals surface area contributed by atoms with Gasteiger partial charge in [-0.25, -0.2) is 0 Å². The van der Waals surface area contributed by atoms with Crippen molar-refractivity contribution < 1.29 is 9.90 Å². The Kier molecular flexibility index (Phi) is 2.96. The van der Waals surface area contributed by atoms with Crippen LogP contribution in [0.2, 0.25) is 0 Å². The average molecular weight is 288 g/mol. The Bertz CT molecular complexity index is 508. The first-order chi connectivity index (χ1) is 9.97. The molecule has 1 N–H and O–H groups in total.